The molecule has 32 heavy (non-hydrogen) atoms. The Morgan fingerprint density at radius 2 is 2.06 bits per heavy atom. The molecule has 2 heterocycles. The van der Waals surface area contributed by atoms with Crippen molar-refractivity contribution in [3.8, 4) is 16.5 Å². The fraction of sp³-hybridized carbons (Fsp3) is 0.391. The third kappa shape index (κ3) is 7.19. The minimum absolute atomic E-state index is 0.174. The van der Waals surface area contributed by atoms with Gasteiger partial charge in [-0.15, -0.1) is 21.5 Å². The van der Waals surface area contributed by atoms with Crippen LogP contribution in [-0.4, -0.2) is 46.7 Å². The molecule has 0 fully saturated rings. The van der Waals surface area contributed by atoms with E-state index in [9.17, 15) is 9.59 Å². The van der Waals surface area contributed by atoms with Crippen LogP contribution in [0.4, 0.5) is 0 Å². The molecule has 0 atom stereocenters. The molecule has 0 aliphatic rings. The molecule has 3 rings (SSSR count). The van der Waals surface area contributed by atoms with Gasteiger partial charge >= 0.3 is 5.97 Å². The molecular weight excluding hydrogens is 430 g/mol. The van der Waals surface area contributed by atoms with Gasteiger partial charge in [0.2, 0.25) is 5.89 Å². The van der Waals surface area contributed by atoms with Crippen molar-refractivity contribution in [3.05, 3.63) is 53.2 Å². The SMILES string of the molecule is CCCN(Cc1nnc(-c2cccs2)o1)C(=O)COC(=O)CCCOc1cccc(C)c1. The topological polar surface area (TPSA) is 94.8 Å². The molecule has 0 radical (unpaired) electrons. The zero-order valence-electron chi connectivity index (χ0n) is 18.3. The lowest BCUT2D eigenvalue weighted by Crippen LogP contribution is -2.35. The number of nitrogens with zero attached hydrogens (tertiary/aromatic N) is 3. The zero-order valence-corrected chi connectivity index (χ0v) is 19.1. The second-order valence-corrected chi connectivity index (χ2v) is 8.17. The molecular formula is C23H27N3O5S. The van der Waals surface area contributed by atoms with Crippen molar-refractivity contribution in [2.75, 3.05) is 19.8 Å². The van der Waals surface area contributed by atoms with Gasteiger partial charge in [0.15, 0.2) is 6.61 Å². The normalized spacial score (nSPS) is 10.7. The van der Waals surface area contributed by atoms with Crippen molar-refractivity contribution < 1.29 is 23.5 Å². The first-order valence-corrected chi connectivity index (χ1v) is 11.4. The van der Waals surface area contributed by atoms with Gasteiger partial charge in [0.25, 0.3) is 11.8 Å². The number of thiophene rings is 1. The summed E-state index contributed by atoms with van der Waals surface area (Å²) in [5, 5.41) is 9.98. The Kier molecular flexibility index (Phi) is 8.79. The second-order valence-electron chi connectivity index (χ2n) is 7.22. The van der Waals surface area contributed by atoms with E-state index < -0.39 is 5.97 Å². The first-order valence-electron chi connectivity index (χ1n) is 10.5. The summed E-state index contributed by atoms with van der Waals surface area (Å²) >= 11 is 1.50. The highest BCUT2D eigenvalue weighted by Gasteiger charge is 2.19. The molecule has 0 N–H and O–H groups in total. The number of aryl methyl sites for hydroxylation is 1. The average molecular weight is 458 g/mol. The summed E-state index contributed by atoms with van der Waals surface area (Å²) in [5.41, 5.74) is 1.11. The van der Waals surface area contributed by atoms with Gasteiger partial charge in [-0.3, -0.25) is 9.59 Å². The number of carbonyl (C=O) groups excluding carboxylic acids is 2. The molecule has 0 spiro atoms. The summed E-state index contributed by atoms with van der Waals surface area (Å²) in [6.07, 6.45) is 1.44. The Hall–Kier alpha value is -3.20. The summed E-state index contributed by atoms with van der Waals surface area (Å²) in [6, 6.07) is 11.5. The van der Waals surface area contributed by atoms with Crippen LogP contribution in [0, 0.1) is 6.92 Å². The number of rotatable bonds is 12. The number of esters is 1. The van der Waals surface area contributed by atoms with Gasteiger partial charge in [-0.25, -0.2) is 0 Å². The molecule has 9 heteroatoms. The highest BCUT2D eigenvalue weighted by Crippen LogP contribution is 2.23. The van der Waals surface area contributed by atoms with Crippen molar-refractivity contribution in [1.29, 1.82) is 0 Å². The molecule has 0 bridgehead atoms. The number of benzene rings is 1. The minimum atomic E-state index is -0.430. The highest BCUT2D eigenvalue weighted by atomic mass is 32.1. The number of ether oxygens (including phenoxy) is 2. The first-order chi connectivity index (χ1) is 15.5. The number of hydrogen-bond donors (Lipinski definition) is 0. The summed E-state index contributed by atoms with van der Waals surface area (Å²) in [5.74, 6) is 0.813. The standard InChI is InChI=1S/C23H27N3O5S/c1-3-11-26(15-20-24-25-23(31-20)19-9-6-13-32-19)21(27)16-30-22(28)10-5-12-29-18-8-4-7-17(2)14-18/h4,6-9,13-14H,3,5,10-12,15-16H2,1-2H3. The fourth-order valence-corrected chi connectivity index (χ4v) is 3.60. The molecule has 0 aliphatic heterocycles. The first kappa shape index (κ1) is 23.5. The van der Waals surface area contributed by atoms with Crippen molar-refractivity contribution in [1.82, 2.24) is 15.1 Å². The lowest BCUT2D eigenvalue weighted by molar-refractivity contribution is -0.152. The molecule has 0 saturated carbocycles. The molecule has 1 amide bonds. The van der Waals surface area contributed by atoms with E-state index in [-0.39, 0.29) is 25.5 Å². The van der Waals surface area contributed by atoms with E-state index in [0.29, 0.717) is 31.4 Å². The summed E-state index contributed by atoms with van der Waals surface area (Å²) in [7, 11) is 0. The minimum Gasteiger partial charge on any atom is -0.494 e. The maximum absolute atomic E-state index is 12.6. The molecule has 2 aromatic heterocycles. The van der Waals surface area contributed by atoms with Crippen LogP contribution in [0.15, 0.2) is 46.2 Å². The van der Waals surface area contributed by atoms with Crippen LogP contribution in [-0.2, 0) is 20.9 Å². The Morgan fingerprint density at radius 3 is 2.81 bits per heavy atom. The summed E-state index contributed by atoms with van der Waals surface area (Å²) < 4.78 is 16.4. The van der Waals surface area contributed by atoms with Crippen molar-refractivity contribution in [3.63, 3.8) is 0 Å². The Morgan fingerprint density at radius 1 is 1.19 bits per heavy atom. The number of aromatic nitrogens is 2. The molecule has 0 saturated heterocycles. The van der Waals surface area contributed by atoms with Crippen LogP contribution in [0.1, 0.15) is 37.6 Å². The summed E-state index contributed by atoms with van der Waals surface area (Å²) in [6.45, 7) is 4.71. The lowest BCUT2D eigenvalue weighted by Gasteiger charge is -2.20. The van der Waals surface area contributed by atoms with E-state index in [2.05, 4.69) is 10.2 Å². The predicted molar refractivity (Wildman–Crippen MR) is 120 cm³/mol. The molecule has 0 aliphatic carbocycles. The van der Waals surface area contributed by atoms with E-state index in [1.54, 1.807) is 4.90 Å². The number of hydrogen-bond acceptors (Lipinski definition) is 8. The van der Waals surface area contributed by atoms with Gasteiger partial charge in [-0.05, 0) is 48.9 Å². The quantitative estimate of drug-likeness (QED) is 0.296. The molecule has 0 unspecified atom stereocenters. The third-order valence-electron chi connectivity index (χ3n) is 4.51. The van der Waals surface area contributed by atoms with Crippen molar-refractivity contribution in [2.45, 2.75) is 39.7 Å². The zero-order chi connectivity index (χ0) is 22.8. The Balaban J connectivity index is 1.40. The van der Waals surface area contributed by atoms with Crippen LogP contribution in [0.2, 0.25) is 0 Å². The molecule has 3 aromatic rings. The molecule has 170 valence electrons. The third-order valence-corrected chi connectivity index (χ3v) is 5.37. The largest absolute Gasteiger partial charge is 0.494 e. The van der Waals surface area contributed by atoms with E-state index in [0.717, 1.165) is 22.6 Å². The van der Waals surface area contributed by atoms with Gasteiger partial charge in [0.1, 0.15) is 5.75 Å². The van der Waals surface area contributed by atoms with Crippen molar-refractivity contribution >= 4 is 23.2 Å². The highest BCUT2D eigenvalue weighted by molar-refractivity contribution is 7.13. The van der Waals surface area contributed by atoms with Gasteiger partial charge in [-0.1, -0.05) is 25.1 Å². The van der Waals surface area contributed by atoms with Crippen LogP contribution >= 0.6 is 11.3 Å². The van der Waals surface area contributed by atoms with E-state index in [4.69, 9.17) is 13.9 Å². The molecule has 8 nitrogen and oxygen atoms in total. The summed E-state index contributed by atoms with van der Waals surface area (Å²) in [4.78, 5) is 27.0. The predicted octanol–water partition coefficient (Wildman–Crippen LogP) is 4.25. The average Bonchev–Trinajstić information content (AvgIpc) is 3.47. The maximum atomic E-state index is 12.6. The molecule has 1 aromatic carbocycles. The number of amides is 1. The van der Waals surface area contributed by atoms with Gasteiger partial charge in [-0.2, -0.15) is 0 Å². The maximum Gasteiger partial charge on any atom is 0.306 e. The van der Waals surface area contributed by atoms with E-state index >= 15 is 0 Å². The Bertz CT molecular complexity index is 1000. The smallest absolute Gasteiger partial charge is 0.306 e. The fourth-order valence-electron chi connectivity index (χ4n) is 2.96. The van der Waals surface area contributed by atoms with Gasteiger partial charge < -0.3 is 18.8 Å². The van der Waals surface area contributed by atoms with Crippen LogP contribution < -0.4 is 4.74 Å². The Labute approximate surface area is 191 Å². The van der Waals surface area contributed by atoms with Crippen LogP contribution in [0.5, 0.6) is 5.75 Å². The monoisotopic (exact) mass is 457 g/mol. The van der Waals surface area contributed by atoms with Gasteiger partial charge in [0, 0.05) is 13.0 Å². The van der Waals surface area contributed by atoms with E-state index in [1.807, 2.05) is 55.6 Å². The number of carbonyl (C=O) groups is 2. The van der Waals surface area contributed by atoms with Crippen LogP contribution in [0.25, 0.3) is 10.8 Å². The second kappa shape index (κ2) is 12.0. The van der Waals surface area contributed by atoms with Crippen molar-refractivity contribution in [2.24, 2.45) is 0 Å². The van der Waals surface area contributed by atoms with Crippen LogP contribution in [0.3, 0.4) is 0 Å². The van der Waals surface area contributed by atoms with E-state index in [1.165, 1.54) is 11.3 Å². The lowest BCUT2D eigenvalue weighted by atomic mass is 10.2. The van der Waals surface area contributed by atoms with Gasteiger partial charge in [0.05, 0.1) is 18.0 Å².